The van der Waals surface area contributed by atoms with Gasteiger partial charge in [-0.15, -0.1) is 12.4 Å². The number of amides is 1. The van der Waals surface area contributed by atoms with Crippen molar-refractivity contribution in [2.45, 2.75) is 18.2 Å². The summed E-state index contributed by atoms with van der Waals surface area (Å²) < 4.78 is 34.6. The molecule has 0 spiro atoms. The van der Waals surface area contributed by atoms with Crippen LogP contribution in [0.4, 0.5) is 10.8 Å². The number of sulfonamides is 1. The van der Waals surface area contributed by atoms with Crippen molar-refractivity contribution in [2.75, 3.05) is 43.9 Å². The van der Waals surface area contributed by atoms with Crippen molar-refractivity contribution in [3.8, 4) is 5.75 Å². The van der Waals surface area contributed by atoms with Crippen LogP contribution in [-0.4, -0.2) is 58.5 Å². The number of benzene rings is 3. The van der Waals surface area contributed by atoms with E-state index < -0.39 is 10.0 Å². The average molecular weight is 610 g/mol. The lowest BCUT2D eigenvalue weighted by Crippen LogP contribution is -2.33. The van der Waals surface area contributed by atoms with Crippen LogP contribution in [0.1, 0.15) is 22.3 Å². The molecule has 0 radical (unpaired) electrons. The van der Waals surface area contributed by atoms with Gasteiger partial charge in [0.2, 0.25) is 0 Å². The quantitative estimate of drug-likeness (QED) is 0.234. The molecule has 4 rings (SSSR count). The van der Waals surface area contributed by atoms with E-state index in [2.05, 4.69) is 4.72 Å². The fraction of sp³-hybridized carbons (Fsp3) is 0.259. The number of nitrogens with zero attached hydrogens (tertiary/aromatic N) is 3. The predicted octanol–water partition coefficient (Wildman–Crippen LogP) is 6.09. The molecule has 1 amide bonds. The molecule has 1 aromatic heterocycles. The topological polar surface area (TPSA) is 91.8 Å². The first kappa shape index (κ1) is 30.6. The molecule has 4 aromatic rings. The molecule has 0 aliphatic rings. The van der Waals surface area contributed by atoms with Crippen LogP contribution in [0.15, 0.2) is 65.6 Å². The summed E-state index contributed by atoms with van der Waals surface area (Å²) in [7, 11) is 1.68. The predicted molar refractivity (Wildman–Crippen MR) is 162 cm³/mol. The van der Waals surface area contributed by atoms with Crippen LogP contribution >= 0.6 is 35.3 Å². The van der Waals surface area contributed by atoms with Crippen molar-refractivity contribution in [1.29, 1.82) is 0 Å². The van der Waals surface area contributed by atoms with Crippen molar-refractivity contribution in [1.82, 2.24) is 9.88 Å². The molecular weight excluding hydrogens is 579 g/mol. The number of aromatic nitrogens is 1. The van der Waals surface area contributed by atoms with Crippen molar-refractivity contribution in [3.63, 3.8) is 0 Å². The molecule has 0 atom stereocenters. The van der Waals surface area contributed by atoms with E-state index in [9.17, 15) is 13.2 Å². The number of anilines is 2. The van der Waals surface area contributed by atoms with Crippen LogP contribution in [0.5, 0.6) is 5.75 Å². The number of carbonyl (C=O) groups is 1. The highest BCUT2D eigenvalue weighted by atomic mass is 35.5. The van der Waals surface area contributed by atoms with Crippen molar-refractivity contribution < 1.29 is 17.9 Å². The number of aryl methyl sites for hydroxylation is 1. The van der Waals surface area contributed by atoms with E-state index in [1.807, 2.05) is 25.9 Å². The van der Waals surface area contributed by atoms with E-state index in [1.54, 1.807) is 66.6 Å². The zero-order valence-corrected chi connectivity index (χ0v) is 25.2. The second-order valence-corrected chi connectivity index (χ2v) is 12.1. The average Bonchev–Trinajstić information content (AvgIpc) is 3.33. The molecular formula is C27H30Cl2N4O4S2. The number of carbonyl (C=O) groups excluding carboxylic acids is 1. The molecule has 39 heavy (non-hydrogen) atoms. The number of ether oxygens (including phenoxy) is 1. The third kappa shape index (κ3) is 7.20. The van der Waals surface area contributed by atoms with Gasteiger partial charge in [-0.3, -0.25) is 14.4 Å². The smallest absolute Gasteiger partial charge is 0.261 e. The summed E-state index contributed by atoms with van der Waals surface area (Å²) >= 11 is 7.74. The second-order valence-electron chi connectivity index (χ2n) is 9.04. The van der Waals surface area contributed by atoms with Gasteiger partial charge < -0.3 is 9.64 Å². The molecule has 0 saturated carbocycles. The van der Waals surface area contributed by atoms with E-state index >= 15 is 0 Å². The minimum Gasteiger partial charge on any atom is -0.494 e. The van der Waals surface area contributed by atoms with Gasteiger partial charge in [-0.1, -0.05) is 46.7 Å². The first-order valence-corrected chi connectivity index (χ1v) is 14.6. The maximum atomic E-state index is 13.8. The third-order valence-corrected chi connectivity index (χ3v) is 8.76. The molecule has 0 saturated heterocycles. The van der Waals surface area contributed by atoms with Crippen LogP contribution in [-0.2, 0) is 10.0 Å². The largest absolute Gasteiger partial charge is 0.494 e. The zero-order valence-electron chi connectivity index (χ0n) is 22.0. The maximum Gasteiger partial charge on any atom is 0.261 e. The van der Waals surface area contributed by atoms with Gasteiger partial charge in [-0.2, -0.15) is 0 Å². The van der Waals surface area contributed by atoms with Gasteiger partial charge in [-0.05, 0) is 76.4 Å². The first-order valence-electron chi connectivity index (χ1n) is 11.9. The summed E-state index contributed by atoms with van der Waals surface area (Å²) in [4.78, 5) is 22.3. The summed E-state index contributed by atoms with van der Waals surface area (Å²) in [5.74, 6) is 0.273. The first-order chi connectivity index (χ1) is 18.1. The normalized spacial score (nSPS) is 11.3. The number of nitrogens with one attached hydrogen (secondary N) is 1. The molecule has 0 unspecified atom stereocenters. The second kappa shape index (κ2) is 13.0. The Kier molecular flexibility index (Phi) is 10.2. The highest BCUT2D eigenvalue weighted by Crippen LogP contribution is 2.39. The third-order valence-electron chi connectivity index (χ3n) is 5.82. The van der Waals surface area contributed by atoms with Crippen molar-refractivity contribution in [2.24, 2.45) is 0 Å². The molecule has 1 heterocycles. The number of rotatable bonds is 10. The van der Waals surface area contributed by atoms with Gasteiger partial charge >= 0.3 is 0 Å². The van der Waals surface area contributed by atoms with Crippen LogP contribution in [0.3, 0.4) is 0 Å². The number of fused-ring (bicyclic) bond motifs is 1. The molecule has 8 nitrogen and oxygen atoms in total. The highest BCUT2D eigenvalue weighted by molar-refractivity contribution is 7.92. The van der Waals surface area contributed by atoms with Crippen LogP contribution < -0.4 is 14.4 Å². The summed E-state index contributed by atoms with van der Waals surface area (Å²) in [5.41, 5.74) is 2.17. The Balaban J connectivity index is 0.00000420. The summed E-state index contributed by atoms with van der Waals surface area (Å²) in [6.07, 6.45) is 0.708. The van der Waals surface area contributed by atoms with Crippen LogP contribution in [0.25, 0.3) is 10.2 Å². The summed E-state index contributed by atoms with van der Waals surface area (Å²) in [6.45, 7) is 3.07. The molecule has 12 heteroatoms. The van der Waals surface area contributed by atoms with Crippen LogP contribution in [0, 0.1) is 6.92 Å². The summed E-state index contributed by atoms with van der Waals surface area (Å²) in [6, 6.07) is 16.5. The molecule has 0 aliphatic heterocycles. The Hall–Kier alpha value is -2.89. The SMILES string of the molecule is COc1ccc(Cl)c2sc(N(CCCN(C)C)C(=O)c3cccc(NS(=O)(=O)c4ccc(C)cc4)c3)nc12.Cl. The number of methoxy groups -OCH3 is 1. The Bertz CT molecular complexity index is 1560. The Morgan fingerprint density at radius 1 is 1.08 bits per heavy atom. The Morgan fingerprint density at radius 2 is 1.79 bits per heavy atom. The van der Waals surface area contributed by atoms with E-state index in [4.69, 9.17) is 21.3 Å². The Morgan fingerprint density at radius 3 is 2.46 bits per heavy atom. The molecule has 208 valence electrons. The van der Waals surface area contributed by atoms with E-state index in [0.717, 1.165) is 16.8 Å². The minimum absolute atomic E-state index is 0. The van der Waals surface area contributed by atoms with Crippen molar-refractivity contribution >= 4 is 72.3 Å². The van der Waals surface area contributed by atoms with Gasteiger partial charge in [0.25, 0.3) is 15.9 Å². The van der Waals surface area contributed by atoms with Gasteiger partial charge in [0.05, 0.1) is 21.7 Å². The van der Waals surface area contributed by atoms with E-state index in [1.165, 1.54) is 17.4 Å². The monoisotopic (exact) mass is 608 g/mol. The maximum absolute atomic E-state index is 13.8. The van der Waals surface area contributed by atoms with Gasteiger partial charge in [0.1, 0.15) is 11.3 Å². The lowest BCUT2D eigenvalue weighted by atomic mass is 10.1. The molecule has 1 N–H and O–H groups in total. The summed E-state index contributed by atoms with van der Waals surface area (Å²) in [5, 5.41) is 1.01. The molecule has 0 bridgehead atoms. The zero-order chi connectivity index (χ0) is 27.4. The number of halogens is 2. The lowest BCUT2D eigenvalue weighted by molar-refractivity contribution is 0.0986. The molecule has 3 aromatic carbocycles. The number of hydrogen-bond acceptors (Lipinski definition) is 7. The Labute approximate surface area is 244 Å². The fourth-order valence-corrected chi connectivity index (χ4v) is 6.18. The van der Waals surface area contributed by atoms with E-state index in [0.29, 0.717) is 45.6 Å². The number of thiazole rings is 1. The van der Waals surface area contributed by atoms with Gasteiger partial charge in [-0.25, -0.2) is 13.4 Å². The number of hydrogen-bond donors (Lipinski definition) is 1. The van der Waals surface area contributed by atoms with Crippen LogP contribution in [0.2, 0.25) is 5.02 Å². The molecule has 0 aliphatic carbocycles. The van der Waals surface area contributed by atoms with Gasteiger partial charge in [0, 0.05) is 17.8 Å². The van der Waals surface area contributed by atoms with Gasteiger partial charge in [0.15, 0.2) is 5.13 Å². The lowest BCUT2D eigenvalue weighted by Gasteiger charge is -2.21. The van der Waals surface area contributed by atoms with Crippen molar-refractivity contribution in [3.05, 3.63) is 76.8 Å². The standard InChI is InChI=1S/C27H29ClN4O4S2.ClH/c1-18-9-11-21(12-10-18)38(34,35)30-20-8-5-7-19(17-20)26(33)32(16-6-15-31(2)3)27-29-24-23(36-4)14-13-22(28)25(24)37-27;/h5,7-14,17,30H,6,15-16H2,1-4H3;1H. The fourth-order valence-electron chi connectivity index (χ4n) is 3.85. The minimum atomic E-state index is -3.82. The highest BCUT2D eigenvalue weighted by Gasteiger charge is 2.24. The van der Waals surface area contributed by atoms with E-state index in [-0.39, 0.29) is 23.2 Å². The molecule has 0 fully saturated rings.